The Morgan fingerprint density at radius 2 is 1.11 bits per heavy atom. The monoisotopic (exact) mass is 658 g/mol. The Bertz CT molecular complexity index is 1680. The van der Waals surface area contributed by atoms with Crippen LogP contribution in [0.4, 0.5) is 26.3 Å². The third-order valence-electron chi connectivity index (χ3n) is 7.68. The van der Waals surface area contributed by atoms with Crippen molar-refractivity contribution >= 4 is 0 Å². The van der Waals surface area contributed by atoms with Crippen LogP contribution >= 0.6 is 0 Å². The van der Waals surface area contributed by atoms with Crippen molar-refractivity contribution < 1.29 is 45.7 Å². The summed E-state index contributed by atoms with van der Waals surface area (Å²) >= 11 is 0. The summed E-state index contributed by atoms with van der Waals surface area (Å²) in [5.74, 6) is -6.88. The molecule has 0 aliphatic rings. The standard InChI is InChI=1S/C37H36F6O4/c1-3-23(9-5-7-19-46-24-11-13-26(30(38)21-24)28-15-17-32(44)36(42)34(28)40)10-6-8-20-47-25-12-14-27(31(39)22-25)29-16-18-33(45-4-2)37(43)35(29)41/h3,11-18,21-23,44H,1,4-10,19-20H2,2H3. The molecular weight excluding hydrogens is 622 g/mol. The highest BCUT2D eigenvalue weighted by atomic mass is 19.2. The Morgan fingerprint density at radius 1 is 0.617 bits per heavy atom. The molecule has 0 aliphatic carbocycles. The van der Waals surface area contributed by atoms with Crippen LogP contribution in [-0.2, 0) is 0 Å². The fraction of sp³-hybridized carbons (Fsp3) is 0.297. The highest BCUT2D eigenvalue weighted by Gasteiger charge is 2.19. The van der Waals surface area contributed by atoms with Crippen LogP contribution in [0, 0.1) is 40.8 Å². The molecule has 250 valence electrons. The second-order valence-electron chi connectivity index (χ2n) is 10.9. The average Bonchev–Trinajstić information content (AvgIpc) is 3.05. The van der Waals surface area contributed by atoms with E-state index in [2.05, 4.69) is 6.58 Å². The molecule has 0 radical (unpaired) electrons. The number of aromatic hydroxyl groups is 1. The fourth-order valence-electron chi connectivity index (χ4n) is 5.14. The van der Waals surface area contributed by atoms with Gasteiger partial charge in [-0.1, -0.05) is 6.08 Å². The van der Waals surface area contributed by atoms with Crippen LogP contribution in [0.2, 0.25) is 0 Å². The van der Waals surface area contributed by atoms with Crippen LogP contribution in [0.25, 0.3) is 22.3 Å². The molecule has 0 saturated heterocycles. The summed E-state index contributed by atoms with van der Waals surface area (Å²) in [5.41, 5.74) is -0.733. The molecule has 47 heavy (non-hydrogen) atoms. The molecule has 4 aromatic rings. The maximum absolute atomic E-state index is 14.8. The normalized spacial score (nSPS) is 11.7. The molecule has 1 N–H and O–H groups in total. The summed E-state index contributed by atoms with van der Waals surface area (Å²) in [6, 6.07) is 12.5. The first kappa shape index (κ1) is 35.3. The molecular formula is C37H36F6O4. The molecule has 0 fully saturated rings. The Kier molecular flexibility index (Phi) is 12.6. The lowest BCUT2D eigenvalue weighted by Crippen LogP contribution is -2.03. The molecule has 0 aromatic heterocycles. The average molecular weight is 659 g/mol. The van der Waals surface area contributed by atoms with Gasteiger partial charge in [0.1, 0.15) is 23.1 Å². The lowest BCUT2D eigenvalue weighted by atomic mass is 9.96. The Labute approximate surface area is 270 Å². The predicted octanol–water partition coefficient (Wildman–Crippen LogP) is 10.6. The van der Waals surface area contributed by atoms with Gasteiger partial charge in [0.25, 0.3) is 0 Å². The zero-order valence-electron chi connectivity index (χ0n) is 25.9. The maximum Gasteiger partial charge on any atom is 0.201 e. The summed E-state index contributed by atoms with van der Waals surface area (Å²) in [7, 11) is 0. The van der Waals surface area contributed by atoms with Gasteiger partial charge >= 0.3 is 0 Å². The SMILES string of the molecule is C=CC(CCCCOc1ccc(-c2ccc(O)c(F)c2F)c(F)c1)CCCCOc1ccc(-c2ccc(OCC)c(F)c2F)c(F)c1. The molecule has 0 saturated carbocycles. The smallest absolute Gasteiger partial charge is 0.201 e. The lowest BCUT2D eigenvalue weighted by molar-refractivity contribution is 0.292. The Morgan fingerprint density at radius 3 is 1.60 bits per heavy atom. The van der Waals surface area contributed by atoms with Crippen molar-refractivity contribution in [1.29, 1.82) is 0 Å². The predicted molar refractivity (Wildman–Crippen MR) is 169 cm³/mol. The number of rotatable bonds is 17. The van der Waals surface area contributed by atoms with E-state index in [0.717, 1.165) is 56.4 Å². The fourth-order valence-corrected chi connectivity index (χ4v) is 5.14. The van der Waals surface area contributed by atoms with Gasteiger partial charge < -0.3 is 19.3 Å². The van der Waals surface area contributed by atoms with Gasteiger partial charge in [0, 0.05) is 34.4 Å². The molecule has 4 aromatic carbocycles. The van der Waals surface area contributed by atoms with Crippen molar-refractivity contribution in [3.05, 3.63) is 108 Å². The summed E-state index contributed by atoms with van der Waals surface area (Å²) in [6.45, 7) is 6.43. The number of hydrogen-bond acceptors (Lipinski definition) is 4. The number of halogens is 6. The van der Waals surface area contributed by atoms with Gasteiger partial charge in [-0.25, -0.2) is 17.6 Å². The van der Waals surface area contributed by atoms with Gasteiger partial charge in [0.05, 0.1) is 19.8 Å². The minimum atomic E-state index is -1.44. The number of benzene rings is 4. The largest absolute Gasteiger partial charge is 0.505 e. The molecule has 1 atom stereocenters. The van der Waals surface area contributed by atoms with Crippen molar-refractivity contribution in [2.24, 2.45) is 5.92 Å². The van der Waals surface area contributed by atoms with Crippen LogP contribution < -0.4 is 14.2 Å². The Hall–Kier alpha value is -4.60. The first-order valence-electron chi connectivity index (χ1n) is 15.4. The van der Waals surface area contributed by atoms with Crippen molar-refractivity contribution in [1.82, 2.24) is 0 Å². The van der Waals surface area contributed by atoms with Gasteiger partial charge in [-0.2, -0.15) is 8.78 Å². The second kappa shape index (κ2) is 16.8. The summed E-state index contributed by atoms with van der Waals surface area (Å²) < 4.78 is 102. The minimum Gasteiger partial charge on any atom is -0.505 e. The number of hydrogen-bond donors (Lipinski definition) is 1. The van der Waals surface area contributed by atoms with Crippen LogP contribution in [0.5, 0.6) is 23.0 Å². The number of ether oxygens (including phenoxy) is 3. The van der Waals surface area contributed by atoms with Gasteiger partial charge in [-0.05, 0) is 99.9 Å². The number of phenolic OH excluding ortho intramolecular Hbond substituents is 1. The summed E-state index contributed by atoms with van der Waals surface area (Å²) in [4.78, 5) is 0. The topological polar surface area (TPSA) is 47.9 Å². The molecule has 0 heterocycles. The Balaban J connectivity index is 1.15. The third-order valence-corrected chi connectivity index (χ3v) is 7.68. The first-order valence-corrected chi connectivity index (χ1v) is 15.4. The maximum atomic E-state index is 14.8. The highest BCUT2D eigenvalue weighted by molar-refractivity contribution is 5.67. The van der Waals surface area contributed by atoms with Gasteiger partial charge in [-0.3, -0.25) is 0 Å². The van der Waals surface area contributed by atoms with E-state index in [-0.39, 0.29) is 52.0 Å². The summed E-state index contributed by atoms with van der Waals surface area (Å²) in [6.07, 6.45) is 6.78. The van der Waals surface area contributed by atoms with Gasteiger partial charge in [0.2, 0.25) is 11.6 Å². The lowest BCUT2D eigenvalue weighted by Gasteiger charge is -2.14. The summed E-state index contributed by atoms with van der Waals surface area (Å²) in [5, 5.41) is 9.28. The molecule has 4 nitrogen and oxygen atoms in total. The molecule has 4 rings (SSSR count). The van der Waals surface area contributed by atoms with Crippen molar-refractivity contribution in [3.8, 4) is 45.3 Å². The van der Waals surface area contributed by atoms with E-state index in [0.29, 0.717) is 19.6 Å². The molecule has 0 bridgehead atoms. The zero-order chi connectivity index (χ0) is 33.9. The number of unbranched alkanes of at least 4 members (excludes halogenated alkanes) is 2. The highest BCUT2D eigenvalue weighted by Crippen LogP contribution is 2.34. The van der Waals surface area contributed by atoms with Crippen molar-refractivity contribution in [2.45, 2.75) is 45.4 Å². The minimum absolute atomic E-state index is 0.0822. The second-order valence-corrected chi connectivity index (χ2v) is 10.9. The molecule has 1 unspecified atom stereocenters. The molecule has 0 amide bonds. The number of allylic oxidation sites excluding steroid dienone is 1. The van der Waals surface area contributed by atoms with E-state index in [9.17, 15) is 31.4 Å². The van der Waals surface area contributed by atoms with E-state index in [1.807, 2.05) is 6.08 Å². The van der Waals surface area contributed by atoms with E-state index in [1.54, 1.807) is 6.92 Å². The van der Waals surface area contributed by atoms with E-state index >= 15 is 0 Å². The van der Waals surface area contributed by atoms with Crippen molar-refractivity contribution in [2.75, 3.05) is 19.8 Å². The number of phenols is 1. The molecule has 10 heteroatoms. The molecule has 0 spiro atoms. The molecule has 0 aliphatic heterocycles. The first-order chi connectivity index (χ1) is 22.6. The quantitative estimate of drug-likeness (QED) is 0.0697. The van der Waals surface area contributed by atoms with Crippen LogP contribution in [0.15, 0.2) is 73.3 Å². The van der Waals surface area contributed by atoms with E-state index in [4.69, 9.17) is 14.2 Å². The van der Waals surface area contributed by atoms with E-state index in [1.165, 1.54) is 36.4 Å². The van der Waals surface area contributed by atoms with E-state index < -0.39 is 40.7 Å². The van der Waals surface area contributed by atoms with Gasteiger partial charge in [0.15, 0.2) is 23.1 Å². The third kappa shape index (κ3) is 9.02. The van der Waals surface area contributed by atoms with Gasteiger partial charge in [-0.15, -0.1) is 6.58 Å². The zero-order valence-corrected chi connectivity index (χ0v) is 25.9. The van der Waals surface area contributed by atoms with Crippen LogP contribution in [0.3, 0.4) is 0 Å². The van der Waals surface area contributed by atoms with Crippen LogP contribution in [-0.4, -0.2) is 24.9 Å². The van der Waals surface area contributed by atoms with Crippen LogP contribution in [0.1, 0.15) is 45.4 Å². The van der Waals surface area contributed by atoms with Crippen molar-refractivity contribution in [3.63, 3.8) is 0 Å².